The van der Waals surface area contributed by atoms with Gasteiger partial charge in [-0.25, -0.2) is 8.42 Å². The average molecular weight is 364 g/mol. The van der Waals surface area contributed by atoms with E-state index in [0.717, 1.165) is 12.0 Å². The zero-order chi connectivity index (χ0) is 17.9. The Labute approximate surface area is 146 Å². The average Bonchev–Trinajstić information content (AvgIpc) is 3.19. The van der Waals surface area contributed by atoms with Crippen molar-refractivity contribution in [3.63, 3.8) is 0 Å². The fraction of sp³-hybridized carbons (Fsp3) is 0.471. The number of esters is 1. The van der Waals surface area contributed by atoms with E-state index in [1.807, 2.05) is 24.3 Å². The molecule has 0 saturated carbocycles. The molecule has 134 valence electrons. The SMILES string of the molecule is CCc1ccc(-c2noc(COC(=O)C[C@@H]3CCS(=O)(=O)C3)n2)cc1. The minimum Gasteiger partial charge on any atom is -0.456 e. The van der Waals surface area contributed by atoms with Crippen LogP contribution in [0.25, 0.3) is 11.4 Å². The van der Waals surface area contributed by atoms with Gasteiger partial charge in [0, 0.05) is 12.0 Å². The van der Waals surface area contributed by atoms with E-state index in [1.54, 1.807) is 0 Å². The summed E-state index contributed by atoms with van der Waals surface area (Å²) in [6.45, 7) is 1.97. The van der Waals surface area contributed by atoms with Gasteiger partial charge in [-0.1, -0.05) is 36.3 Å². The maximum atomic E-state index is 11.8. The number of aryl methyl sites for hydroxylation is 1. The summed E-state index contributed by atoms with van der Waals surface area (Å²) in [5, 5.41) is 3.89. The predicted molar refractivity (Wildman–Crippen MR) is 90.3 cm³/mol. The molecular weight excluding hydrogens is 344 g/mol. The van der Waals surface area contributed by atoms with E-state index in [9.17, 15) is 13.2 Å². The number of benzene rings is 1. The smallest absolute Gasteiger partial charge is 0.306 e. The summed E-state index contributed by atoms with van der Waals surface area (Å²) in [7, 11) is -2.99. The lowest BCUT2D eigenvalue weighted by Gasteiger charge is -2.06. The lowest BCUT2D eigenvalue weighted by atomic mass is 10.1. The summed E-state index contributed by atoms with van der Waals surface area (Å²) in [4.78, 5) is 16.0. The Morgan fingerprint density at radius 2 is 2.08 bits per heavy atom. The summed E-state index contributed by atoms with van der Waals surface area (Å²) in [5.74, 6) is 0.245. The number of hydrogen-bond donors (Lipinski definition) is 0. The quantitative estimate of drug-likeness (QED) is 0.724. The first-order valence-electron chi connectivity index (χ1n) is 8.23. The first-order chi connectivity index (χ1) is 11.9. The molecular formula is C17H20N2O5S. The Morgan fingerprint density at radius 3 is 2.72 bits per heavy atom. The van der Waals surface area contributed by atoms with Gasteiger partial charge in [0.15, 0.2) is 16.4 Å². The maximum Gasteiger partial charge on any atom is 0.306 e. The van der Waals surface area contributed by atoms with Gasteiger partial charge in [-0.2, -0.15) is 4.98 Å². The fourth-order valence-corrected chi connectivity index (χ4v) is 4.65. The molecule has 1 saturated heterocycles. The maximum absolute atomic E-state index is 11.8. The number of nitrogens with zero attached hydrogens (tertiary/aromatic N) is 2. The summed E-state index contributed by atoms with van der Waals surface area (Å²) < 4.78 is 33.0. The van der Waals surface area contributed by atoms with Crippen LogP contribution in [0.3, 0.4) is 0 Å². The summed E-state index contributed by atoms with van der Waals surface area (Å²) in [6.07, 6.45) is 1.56. The fourth-order valence-electron chi connectivity index (χ4n) is 2.79. The second kappa shape index (κ2) is 7.35. The van der Waals surface area contributed by atoms with Gasteiger partial charge in [0.25, 0.3) is 5.89 Å². The summed E-state index contributed by atoms with van der Waals surface area (Å²) in [5.41, 5.74) is 2.05. The van der Waals surface area contributed by atoms with Gasteiger partial charge < -0.3 is 9.26 Å². The molecule has 0 bridgehead atoms. The molecule has 1 atom stereocenters. The number of rotatable bonds is 6. The summed E-state index contributed by atoms with van der Waals surface area (Å²) >= 11 is 0. The molecule has 1 aromatic heterocycles. The van der Waals surface area contributed by atoms with Crippen molar-refractivity contribution in [1.29, 1.82) is 0 Å². The molecule has 1 aromatic carbocycles. The van der Waals surface area contributed by atoms with Crippen LogP contribution in [0.4, 0.5) is 0 Å². The molecule has 7 nitrogen and oxygen atoms in total. The molecule has 0 unspecified atom stereocenters. The van der Waals surface area contributed by atoms with Gasteiger partial charge in [0.05, 0.1) is 11.5 Å². The van der Waals surface area contributed by atoms with Crippen LogP contribution in [0.15, 0.2) is 28.8 Å². The third kappa shape index (κ3) is 4.66. The molecule has 25 heavy (non-hydrogen) atoms. The van der Waals surface area contributed by atoms with Crippen molar-refractivity contribution in [3.8, 4) is 11.4 Å². The highest BCUT2D eigenvalue weighted by molar-refractivity contribution is 7.91. The van der Waals surface area contributed by atoms with Crippen molar-refractivity contribution >= 4 is 15.8 Å². The number of aromatic nitrogens is 2. The molecule has 0 amide bonds. The van der Waals surface area contributed by atoms with E-state index < -0.39 is 15.8 Å². The van der Waals surface area contributed by atoms with E-state index >= 15 is 0 Å². The molecule has 0 radical (unpaired) electrons. The molecule has 1 aliphatic rings. The van der Waals surface area contributed by atoms with Crippen molar-refractivity contribution in [2.45, 2.75) is 32.8 Å². The van der Waals surface area contributed by atoms with Crippen molar-refractivity contribution in [3.05, 3.63) is 35.7 Å². The van der Waals surface area contributed by atoms with Crippen molar-refractivity contribution < 1.29 is 22.5 Å². The second-order valence-corrected chi connectivity index (χ2v) is 8.42. The van der Waals surface area contributed by atoms with E-state index in [2.05, 4.69) is 17.1 Å². The largest absolute Gasteiger partial charge is 0.456 e. The van der Waals surface area contributed by atoms with Gasteiger partial charge in [-0.15, -0.1) is 0 Å². The monoisotopic (exact) mass is 364 g/mol. The van der Waals surface area contributed by atoms with Gasteiger partial charge in [-0.3, -0.25) is 4.79 Å². The van der Waals surface area contributed by atoms with Crippen molar-refractivity contribution in [2.75, 3.05) is 11.5 Å². The van der Waals surface area contributed by atoms with E-state index in [4.69, 9.17) is 9.26 Å². The highest BCUT2D eigenvalue weighted by Crippen LogP contribution is 2.22. The standard InChI is InChI=1S/C17H20N2O5S/c1-2-12-3-5-14(6-4-12)17-18-15(24-19-17)10-23-16(20)9-13-7-8-25(21,22)11-13/h3-6,13H,2,7-11H2,1H3/t13-/m0/s1. The van der Waals surface area contributed by atoms with E-state index in [-0.39, 0.29) is 36.3 Å². The van der Waals surface area contributed by atoms with Crippen LogP contribution in [0, 0.1) is 5.92 Å². The molecule has 2 heterocycles. The topological polar surface area (TPSA) is 99.4 Å². The second-order valence-electron chi connectivity index (χ2n) is 6.20. The Morgan fingerprint density at radius 1 is 1.32 bits per heavy atom. The highest BCUT2D eigenvalue weighted by atomic mass is 32.2. The number of ether oxygens (including phenoxy) is 1. The van der Waals surface area contributed by atoms with Crippen molar-refractivity contribution in [2.24, 2.45) is 5.92 Å². The van der Waals surface area contributed by atoms with Gasteiger partial charge in [0.2, 0.25) is 5.82 Å². The van der Waals surface area contributed by atoms with Crippen LogP contribution in [-0.4, -0.2) is 36.0 Å². The van der Waals surface area contributed by atoms with Crippen LogP contribution < -0.4 is 0 Å². The number of hydrogen-bond acceptors (Lipinski definition) is 7. The van der Waals surface area contributed by atoms with Gasteiger partial charge in [0.1, 0.15) is 0 Å². The lowest BCUT2D eigenvalue weighted by Crippen LogP contribution is -2.13. The molecule has 1 aliphatic heterocycles. The number of sulfone groups is 1. The molecule has 8 heteroatoms. The minimum absolute atomic E-state index is 0.0561. The zero-order valence-corrected chi connectivity index (χ0v) is 14.8. The van der Waals surface area contributed by atoms with Crippen LogP contribution in [0.5, 0.6) is 0 Å². The van der Waals surface area contributed by atoms with E-state index in [0.29, 0.717) is 12.2 Å². The minimum atomic E-state index is -2.99. The number of carbonyl (C=O) groups is 1. The van der Waals surface area contributed by atoms with Crippen LogP contribution in [0.2, 0.25) is 0 Å². The van der Waals surface area contributed by atoms with Crippen LogP contribution >= 0.6 is 0 Å². The number of carbonyl (C=O) groups excluding carboxylic acids is 1. The van der Waals surface area contributed by atoms with E-state index in [1.165, 1.54) is 5.56 Å². The Balaban J connectivity index is 1.52. The predicted octanol–water partition coefficient (Wildman–Crippen LogP) is 2.17. The molecule has 2 aromatic rings. The first-order valence-corrected chi connectivity index (χ1v) is 10.1. The van der Waals surface area contributed by atoms with Crippen molar-refractivity contribution in [1.82, 2.24) is 10.1 Å². The van der Waals surface area contributed by atoms with Gasteiger partial charge >= 0.3 is 5.97 Å². The Hall–Kier alpha value is -2.22. The third-order valence-corrected chi connectivity index (χ3v) is 6.06. The molecule has 0 N–H and O–H groups in total. The molecule has 0 aliphatic carbocycles. The summed E-state index contributed by atoms with van der Waals surface area (Å²) in [6, 6.07) is 7.84. The molecule has 0 spiro atoms. The van der Waals surface area contributed by atoms with Gasteiger partial charge in [-0.05, 0) is 24.3 Å². The third-order valence-electron chi connectivity index (χ3n) is 4.23. The lowest BCUT2D eigenvalue weighted by molar-refractivity contribution is -0.146. The highest BCUT2D eigenvalue weighted by Gasteiger charge is 2.30. The first kappa shape index (κ1) is 17.6. The molecule has 1 fully saturated rings. The Kier molecular flexibility index (Phi) is 5.17. The van der Waals surface area contributed by atoms with Crippen LogP contribution in [-0.2, 0) is 32.4 Å². The zero-order valence-electron chi connectivity index (χ0n) is 14.0. The molecule has 3 rings (SSSR count). The normalized spacial score (nSPS) is 19.0. The Bertz CT molecular complexity index is 842. The van der Waals surface area contributed by atoms with Crippen LogP contribution in [0.1, 0.15) is 31.2 Å².